The van der Waals surface area contributed by atoms with Crippen molar-refractivity contribution in [3.63, 3.8) is 0 Å². The van der Waals surface area contributed by atoms with Crippen LogP contribution in [0.2, 0.25) is 0 Å². The van der Waals surface area contributed by atoms with Crippen LogP contribution < -0.4 is 5.32 Å². The number of carbonyl (C=O) groups is 1. The van der Waals surface area contributed by atoms with Crippen molar-refractivity contribution in [1.82, 2.24) is 5.32 Å². The number of aliphatic hydroxyl groups excluding tert-OH is 1. The highest BCUT2D eigenvalue weighted by atomic mass is 32.2. The van der Waals surface area contributed by atoms with Crippen LogP contribution in [0.3, 0.4) is 0 Å². The standard InChI is InChI=1S/C22H29N3O4S3/c1-11(26)22(4)10-32-20(25-22)21(2,3)17(29)14-8-31-19(23-14)15-9-30-18(24-15)13-6-5-12(27)7-16(13)28/h5-7,14-15,17,19,23,27-29H,8-10H2,1-4H3/t14?,15-,17-,19?,22-/m1/s1. The summed E-state index contributed by atoms with van der Waals surface area (Å²) < 4.78 is 0. The number of phenolic OH excluding ortho intramolecular Hbond substituents is 2. The molecule has 0 amide bonds. The van der Waals surface area contributed by atoms with E-state index in [0.717, 1.165) is 21.6 Å². The maximum atomic E-state index is 12.0. The number of aromatic hydroxyl groups is 2. The van der Waals surface area contributed by atoms with Crippen LogP contribution in [0.15, 0.2) is 28.2 Å². The number of aliphatic imine (C=N–C) groups is 2. The Morgan fingerprint density at radius 3 is 2.69 bits per heavy atom. The zero-order valence-electron chi connectivity index (χ0n) is 18.5. The summed E-state index contributed by atoms with van der Waals surface area (Å²) in [4.78, 5) is 21.5. The fraction of sp³-hybridized carbons (Fsp3) is 0.591. The quantitative estimate of drug-likeness (QED) is 0.476. The Labute approximate surface area is 201 Å². The molecule has 3 aliphatic heterocycles. The molecular weight excluding hydrogens is 466 g/mol. The highest BCUT2D eigenvalue weighted by Crippen LogP contribution is 2.42. The highest BCUT2D eigenvalue weighted by molar-refractivity contribution is 8.15. The van der Waals surface area contributed by atoms with Gasteiger partial charge in [0.25, 0.3) is 0 Å². The summed E-state index contributed by atoms with van der Waals surface area (Å²) in [6.07, 6.45) is -0.654. The summed E-state index contributed by atoms with van der Waals surface area (Å²) in [7, 11) is 0. The first kappa shape index (κ1) is 23.9. The largest absolute Gasteiger partial charge is 0.508 e. The lowest BCUT2D eigenvalue weighted by molar-refractivity contribution is -0.120. The summed E-state index contributed by atoms with van der Waals surface area (Å²) in [5, 5.41) is 36.1. The number of thioether (sulfide) groups is 3. The molecular formula is C22H29N3O4S3. The van der Waals surface area contributed by atoms with Crippen LogP contribution in [0.4, 0.5) is 0 Å². The normalized spacial score (nSPS) is 31.5. The second kappa shape index (κ2) is 8.87. The molecule has 0 bridgehead atoms. The van der Waals surface area contributed by atoms with Gasteiger partial charge in [-0.15, -0.1) is 35.3 Å². The van der Waals surface area contributed by atoms with Gasteiger partial charge in [-0.3, -0.25) is 20.1 Å². The number of nitrogens with zero attached hydrogens (tertiary/aromatic N) is 2. The molecule has 0 radical (unpaired) electrons. The first-order chi connectivity index (χ1) is 15.0. The Kier molecular flexibility index (Phi) is 6.63. The van der Waals surface area contributed by atoms with E-state index >= 15 is 0 Å². The van der Waals surface area contributed by atoms with Crippen molar-refractivity contribution >= 4 is 51.2 Å². The average Bonchev–Trinajstić information content (AvgIpc) is 3.47. The van der Waals surface area contributed by atoms with Crippen molar-refractivity contribution < 1.29 is 20.1 Å². The summed E-state index contributed by atoms with van der Waals surface area (Å²) in [5.41, 5.74) is -0.647. The van der Waals surface area contributed by atoms with Gasteiger partial charge >= 0.3 is 0 Å². The lowest BCUT2D eigenvalue weighted by Gasteiger charge is -2.34. The van der Waals surface area contributed by atoms with E-state index in [1.807, 2.05) is 20.8 Å². The molecule has 0 aromatic heterocycles. The predicted octanol–water partition coefficient (Wildman–Crippen LogP) is 2.87. The van der Waals surface area contributed by atoms with Crippen LogP contribution in [0.5, 0.6) is 11.5 Å². The van der Waals surface area contributed by atoms with Crippen molar-refractivity contribution in [2.24, 2.45) is 15.4 Å². The molecule has 3 heterocycles. The molecule has 0 spiro atoms. The predicted molar refractivity (Wildman–Crippen MR) is 134 cm³/mol. The van der Waals surface area contributed by atoms with Crippen LogP contribution in [0.25, 0.3) is 0 Å². The Morgan fingerprint density at radius 2 is 2.03 bits per heavy atom. The lowest BCUT2D eigenvalue weighted by Crippen LogP contribution is -2.51. The topological polar surface area (TPSA) is 115 Å². The van der Waals surface area contributed by atoms with Crippen LogP contribution in [0, 0.1) is 5.41 Å². The summed E-state index contributed by atoms with van der Waals surface area (Å²) in [6.45, 7) is 7.41. The van der Waals surface area contributed by atoms with Crippen molar-refractivity contribution in [2.45, 2.75) is 56.8 Å². The Morgan fingerprint density at radius 1 is 1.28 bits per heavy atom. The number of rotatable bonds is 6. The van der Waals surface area contributed by atoms with E-state index in [1.54, 1.807) is 54.3 Å². The molecule has 4 N–H and O–H groups in total. The number of hydrogen-bond acceptors (Lipinski definition) is 10. The summed E-state index contributed by atoms with van der Waals surface area (Å²) >= 11 is 4.90. The molecule has 0 saturated carbocycles. The molecule has 2 unspecified atom stereocenters. The number of phenols is 2. The van der Waals surface area contributed by atoms with E-state index in [4.69, 9.17) is 9.98 Å². The Hall–Kier alpha value is -1.20. The number of carbonyl (C=O) groups excluding carboxylic acids is 1. The molecule has 174 valence electrons. The second-order valence-corrected chi connectivity index (χ2v) is 12.4. The number of ketones is 1. The van der Waals surface area contributed by atoms with Crippen LogP contribution in [-0.4, -0.2) is 77.5 Å². The van der Waals surface area contributed by atoms with Gasteiger partial charge in [-0.25, -0.2) is 0 Å². The molecule has 5 atom stereocenters. The zero-order valence-corrected chi connectivity index (χ0v) is 21.0. The number of nitrogens with one attached hydrogen (secondary N) is 1. The number of benzene rings is 1. The molecule has 1 aromatic rings. The Bertz CT molecular complexity index is 983. The molecule has 3 aliphatic rings. The van der Waals surface area contributed by atoms with E-state index in [0.29, 0.717) is 11.3 Å². The zero-order chi connectivity index (χ0) is 23.3. The minimum absolute atomic E-state index is 0.0198. The van der Waals surface area contributed by atoms with Gasteiger partial charge in [-0.05, 0) is 26.0 Å². The number of aliphatic hydroxyl groups is 1. The van der Waals surface area contributed by atoms with E-state index in [1.165, 1.54) is 6.07 Å². The van der Waals surface area contributed by atoms with Crippen LogP contribution in [0.1, 0.15) is 33.3 Å². The minimum Gasteiger partial charge on any atom is -0.508 e. The van der Waals surface area contributed by atoms with Gasteiger partial charge in [0.15, 0.2) is 5.78 Å². The Balaban J connectivity index is 1.43. The first-order valence-corrected chi connectivity index (χ1v) is 13.6. The van der Waals surface area contributed by atoms with E-state index in [2.05, 4.69) is 5.32 Å². The van der Waals surface area contributed by atoms with Gasteiger partial charge in [-0.2, -0.15) is 0 Å². The van der Waals surface area contributed by atoms with Crippen molar-refractivity contribution in [2.75, 3.05) is 17.3 Å². The highest BCUT2D eigenvalue weighted by Gasteiger charge is 2.47. The fourth-order valence-corrected chi connectivity index (χ4v) is 7.99. The van der Waals surface area contributed by atoms with Crippen molar-refractivity contribution in [3.05, 3.63) is 23.8 Å². The van der Waals surface area contributed by atoms with E-state index in [-0.39, 0.29) is 34.7 Å². The fourth-order valence-electron chi connectivity index (χ4n) is 3.95. The van der Waals surface area contributed by atoms with Crippen molar-refractivity contribution in [3.8, 4) is 11.5 Å². The lowest BCUT2D eigenvalue weighted by atomic mass is 9.83. The monoisotopic (exact) mass is 495 g/mol. The third kappa shape index (κ3) is 4.44. The smallest absolute Gasteiger partial charge is 0.157 e. The molecule has 1 saturated heterocycles. The molecule has 0 aliphatic carbocycles. The van der Waals surface area contributed by atoms with Gasteiger partial charge in [0.2, 0.25) is 0 Å². The molecule has 7 nitrogen and oxygen atoms in total. The van der Waals surface area contributed by atoms with Crippen molar-refractivity contribution in [1.29, 1.82) is 0 Å². The average molecular weight is 496 g/mol. The van der Waals surface area contributed by atoms with Gasteiger partial charge in [0.05, 0.1) is 22.6 Å². The molecule has 1 aromatic carbocycles. The van der Waals surface area contributed by atoms with Crippen LogP contribution >= 0.6 is 35.3 Å². The van der Waals surface area contributed by atoms with Gasteiger partial charge in [0.1, 0.15) is 22.1 Å². The SMILES string of the molecule is CC(=O)[C@@]1(C)CSC(C(C)(C)[C@H](O)C2CSC([C@H]3CSC(c4ccc(O)cc4O)=N3)N2)=N1. The van der Waals surface area contributed by atoms with E-state index < -0.39 is 17.1 Å². The second-order valence-electron chi connectivity index (χ2n) is 9.24. The molecule has 4 rings (SSSR count). The molecule has 32 heavy (non-hydrogen) atoms. The van der Waals surface area contributed by atoms with Crippen LogP contribution in [-0.2, 0) is 4.79 Å². The van der Waals surface area contributed by atoms with Gasteiger partial charge in [-0.1, -0.05) is 13.8 Å². The number of hydrogen-bond donors (Lipinski definition) is 4. The third-order valence-electron chi connectivity index (χ3n) is 6.34. The molecule has 10 heteroatoms. The third-order valence-corrected chi connectivity index (χ3v) is 10.4. The van der Waals surface area contributed by atoms with Gasteiger partial charge < -0.3 is 15.3 Å². The maximum Gasteiger partial charge on any atom is 0.157 e. The summed E-state index contributed by atoms with van der Waals surface area (Å²) in [5.74, 6) is 2.25. The van der Waals surface area contributed by atoms with Gasteiger partial charge in [0, 0.05) is 40.3 Å². The first-order valence-electron chi connectivity index (χ1n) is 10.5. The minimum atomic E-state index is -0.705. The van der Waals surface area contributed by atoms with E-state index in [9.17, 15) is 20.1 Å². The molecule has 1 fully saturated rings. The number of Topliss-reactive ketones (excluding diaryl/α,β-unsaturated/α-hetero) is 1. The maximum absolute atomic E-state index is 12.0. The summed E-state index contributed by atoms with van der Waals surface area (Å²) in [6, 6.07) is 4.46.